The Morgan fingerprint density at radius 1 is 1.40 bits per heavy atom. The third-order valence-corrected chi connectivity index (χ3v) is 5.65. The van der Waals surface area contributed by atoms with Crippen molar-refractivity contribution in [2.45, 2.75) is 59.0 Å². The summed E-state index contributed by atoms with van der Waals surface area (Å²) in [7, 11) is 0. The lowest BCUT2D eigenvalue weighted by Crippen LogP contribution is -2.25. The third kappa shape index (κ3) is 5.12. The molecule has 136 valence electrons. The first-order valence-electron chi connectivity index (χ1n) is 9.08. The lowest BCUT2D eigenvalue weighted by molar-refractivity contribution is -0.121. The van der Waals surface area contributed by atoms with E-state index in [4.69, 9.17) is 0 Å². The van der Waals surface area contributed by atoms with Gasteiger partial charge in [-0.05, 0) is 39.3 Å². The molecule has 3 heterocycles. The van der Waals surface area contributed by atoms with E-state index < -0.39 is 0 Å². The molecule has 1 aliphatic rings. The summed E-state index contributed by atoms with van der Waals surface area (Å²) in [4.78, 5) is 17.8. The van der Waals surface area contributed by atoms with Gasteiger partial charge in [0.25, 0.3) is 0 Å². The number of rotatable bonds is 7. The Morgan fingerprint density at radius 3 is 3.08 bits per heavy atom. The van der Waals surface area contributed by atoms with Gasteiger partial charge in [-0.3, -0.25) is 9.48 Å². The van der Waals surface area contributed by atoms with Crippen molar-refractivity contribution in [1.29, 1.82) is 0 Å². The molecule has 0 aromatic carbocycles. The zero-order valence-corrected chi connectivity index (χ0v) is 15.9. The summed E-state index contributed by atoms with van der Waals surface area (Å²) in [5, 5.41) is 12.2. The number of aromatic nitrogens is 3. The van der Waals surface area contributed by atoms with Gasteiger partial charge in [-0.1, -0.05) is 0 Å². The van der Waals surface area contributed by atoms with Crippen LogP contribution in [0, 0.1) is 13.8 Å². The Hall–Kier alpha value is -1.73. The average molecular weight is 362 g/mol. The van der Waals surface area contributed by atoms with Crippen LogP contribution in [0.2, 0.25) is 0 Å². The Morgan fingerprint density at radius 2 is 2.28 bits per heavy atom. The number of nitrogens with one attached hydrogen (secondary N) is 2. The van der Waals surface area contributed by atoms with Crippen molar-refractivity contribution in [3.8, 4) is 0 Å². The molecule has 1 amide bonds. The van der Waals surface area contributed by atoms with Crippen molar-refractivity contribution in [2.24, 2.45) is 0 Å². The van der Waals surface area contributed by atoms with E-state index in [1.807, 2.05) is 6.92 Å². The van der Waals surface area contributed by atoms with Crippen LogP contribution in [0.1, 0.15) is 46.2 Å². The molecule has 0 radical (unpaired) electrons. The third-order valence-electron chi connectivity index (χ3n) is 4.51. The van der Waals surface area contributed by atoms with Crippen LogP contribution in [-0.4, -0.2) is 33.8 Å². The zero-order chi connectivity index (χ0) is 17.6. The SMILES string of the molecule is Cc1nc(CCCNC(=O)CCc2cc3n(n2)CCCNC3)sc1C. The lowest BCUT2D eigenvalue weighted by Gasteiger charge is -2.03. The summed E-state index contributed by atoms with van der Waals surface area (Å²) >= 11 is 1.76. The number of fused-ring (bicyclic) bond motifs is 1. The van der Waals surface area contributed by atoms with Crippen molar-refractivity contribution in [3.05, 3.63) is 33.0 Å². The Bertz CT molecular complexity index is 678. The molecule has 2 N–H and O–H groups in total. The van der Waals surface area contributed by atoms with Crippen LogP contribution in [0.4, 0.5) is 0 Å². The van der Waals surface area contributed by atoms with Gasteiger partial charge in [0.2, 0.25) is 5.91 Å². The highest BCUT2D eigenvalue weighted by Gasteiger charge is 2.12. The molecule has 0 saturated heterocycles. The molecule has 0 fully saturated rings. The minimum absolute atomic E-state index is 0.104. The highest BCUT2D eigenvalue weighted by Crippen LogP contribution is 2.17. The number of amides is 1. The van der Waals surface area contributed by atoms with E-state index in [0.29, 0.717) is 19.4 Å². The number of aryl methyl sites for hydroxylation is 5. The monoisotopic (exact) mass is 361 g/mol. The van der Waals surface area contributed by atoms with Gasteiger partial charge in [0.1, 0.15) is 0 Å². The summed E-state index contributed by atoms with van der Waals surface area (Å²) in [6.07, 6.45) is 4.17. The maximum Gasteiger partial charge on any atom is 0.220 e. The van der Waals surface area contributed by atoms with Gasteiger partial charge in [-0.15, -0.1) is 11.3 Å². The number of hydrogen-bond acceptors (Lipinski definition) is 5. The second-order valence-corrected chi connectivity index (χ2v) is 7.87. The summed E-state index contributed by atoms with van der Waals surface area (Å²) < 4.78 is 2.07. The normalized spacial score (nSPS) is 14.2. The van der Waals surface area contributed by atoms with Crippen LogP contribution in [-0.2, 0) is 30.7 Å². The van der Waals surface area contributed by atoms with Gasteiger partial charge in [-0.25, -0.2) is 4.98 Å². The number of nitrogens with zero attached hydrogens (tertiary/aromatic N) is 3. The molecule has 2 aromatic heterocycles. The maximum atomic E-state index is 12.0. The fraction of sp³-hybridized carbons (Fsp3) is 0.611. The molecular formula is C18H27N5OS. The Balaban J connectivity index is 1.35. The smallest absolute Gasteiger partial charge is 0.220 e. The molecule has 0 bridgehead atoms. The van der Waals surface area contributed by atoms with E-state index in [0.717, 1.165) is 55.3 Å². The van der Waals surface area contributed by atoms with E-state index >= 15 is 0 Å². The molecule has 0 spiro atoms. The largest absolute Gasteiger partial charge is 0.356 e. The van der Waals surface area contributed by atoms with Crippen molar-refractivity contribution < 1.29 is 4.79 Å². The fourth-order valence-electron chi connectivity index (χ4n) is 2.99. The van der Waals surface area contributed by atoms with E-state index in [9.17, 15) is 4.79 Å². The first-order valence-corrected chi connectivity index (χ1v) is 9.89. The molecule has 1 aliphatic heterocycles. The number of hydrogen-bond donors (Lipinski definition) is 2. The first-order chi connectivity index (χ1) is 12.1. The predicted octanol–water partition coefficient (Wildman–Crippen LogP) is 2.13. The van der Waals surface area contributed by atoms with E-state index in [2.05, 4.69) is 38.4 Å². The molecule has 7 heteroatoms. The van der Waals surface area contributed by atoms with Gasteiger partial charge >= 0.3 is 0 Å². The summed E-state index contributed by atoms with van der Waals surface area (Å²) in [6.45, 7) is 7.73. The standard InChI is InChI=1S/C18H27N5OS/c1-13-14(2)25-18(21-13)5-3-9-20-17(24)7-6-15-11-16-12-19-8-4-10-23(16)22-15/h11,19H,3-10,12H2,1-2H3,(H,20,24). The number of carbonyl (C=O) groups excluding carboxylic acids is 1. The van der Waals surface area contributed by atoms with Gasteiger partial charge in [-0.2, -0.15) is 5.10 Å². The molecule has 3 rings (SSSR count). The van der Waals surface area contributed by atoms with Gasteiger partial charge in [0, 0.05) is 43.8 Å². The Kier molecular flexibility index (Phi) is 6.20. The second kappa shape index (κ2) is 8.58. The quantitative estimate of drug-likeness (QED) is 0.741. The van der Waals surface area contributed by atoms with E-state index in [1.165, 1.54) is 10.6 Å². The summed E-state index contributed by atoms with van der Waals surface area (Å²) in [6, 6.07) is 2.12. The van der Waals surface area contributed by atoms with Crippen LogP contribution >= 0.6 is 11.3 Å². The summed E-state index contributed by atoms with van der Waals surface area (Å²) in [5.74, 6) is 0.104. The average Bonchev–Trinajstić information content (AvgIpc) is 3.05. The minimum atomic E-state index is 0.104. The van der Waals surface area contributed by atoms with Crippen LogP contribution in [0.3, 0.4) is 0 Å². The molecule has 0 unspecified atom stereocenters. The number of carbonyl (C=O) groups is 1. The van der Waals surface area contributed by atoms with Gasteiger partial charge in [0.05, 0.1) is 22.1 Å². The highest BCUT2D eigenvalue weighted by molar-refractivity contribution is 7.11. The molecule has 0 atom stereocenters. The van der Waals surface area contributed by atoms with Crippen molar-refractivity contribution >= 4 is 17.2 Å². The maximum absolute atomic E-state index is 12.0. The van der Waals surface area contributed by atoms with Crippen LogP contribution in [0.5, 0.6) is 0 Å². The van der Waals surface area contributed by atoms with E-state index in [-0.39, 0.29) is 5.91 Å². The topological polar surface area (TPSA) is 71.8 Å². The van der Waals surface area contributed by atoms with Crippen LogP contribution in [0.15, 0.2) is 6.07 Å². The fourth-order valence-corrected chi connectivity index (χ4v) is 3.96. The molecule has 2 aromatic rings. The summed E-state index contributed by atoms with van der Waals surface area (Å²) in [5.41, 5.74) is 3.36. The lowest BCUT2D eigenvalue weighted by atomic mass is 10.2. The second-order valence-electron chi connectivity index (χ2n) is 6.58. The zero-order valence-electron chi connectivity index (χ0n) is 15.1. The first kappa shape index (κ1) is 18.1. The molecule has 6 nitrogen and oxygen atoms in total. The van der Waals surface area contributed by atoms with Crippen molar-refractivity contribution in [1.82, 2.24) is 25.4 Å². The van der Waals surface area contributed by atoms with Crippen molar-refractivity contribution in [2.75, 3.05) is 13.1 Å². The van der Waals surface area contributed by atoms with Crippen LogP contribution < -0.4 is 10.6 Å². The van der Waals surface area contributed by atoms with Crippen LogP contribution in [0.25, 0.3) is 0 Å². The molecular weight excluding hydrogens is 334 g/mol. The molecule has 0 aliphatic carbocycles. The van der Waals surface area contributed by atoms with Gasteiger partial charge in [0.15, 0.2) is 0 Å². The predicted molar refractivity (Wildman–Crippen MR) is 99.8 cm³/mol. The Labute approximate surface area is 153 Å². The van der Waals surface area contributed by atoms with Gasteiger partial charge < -0.3 is 10.6 Å². The van der Waals surface area contributed by atoms with E-state index in [1.54, 1.807) is 11.3 Å². The minimum Gasteiger partial charge on any atom is -0.356 e. The molecule has 0 saturated carbocycles. The number of thiazole rings is 1. The van der Waals surface area contributed by atoms with Crippen molar-refractivity contribution in [3.63, 3.8) is 0 Å². The highest BCUT2D eigenvalue weighted by atomic mass is 32.1. The molecule has 25 heavy (non-hydrogen) atoms.